The molecule has 2 aliphatic heterocycles. The van der Waals surface area contributed by atoms with Crippen LogP contribution in [-0.2, 0) is 11.3 Å². The average molecular weight is 426 g/mol. The maximum atomic E-state index is 12.1. The summed E-state index contributed by atoms with van der Waals surface area (Å²) < 4.78 is 0. The molecule has 150 valence electrons. The topological polar surface area (TPSA) is 47.6 Å². The highest BCUT2D eigenvalue weighted by molar-refractivity contribution is 5.91. The predicted octanol–water partition coefficient (Wildman–Crippen LogP) is 2.78. The summed E-state index contributed by atoms with van der Waals surface area (Å²) in [5.41, 5.74) is 2.19. The summed E-state index contributed by atoms with van der Waals surface area (Å²) in [6.45, 7) is 6.48. The maximum Gasteiger partial charge on any atom is 0.225 e. The van der Waals surface area contributed by atoms with Crippen molar-refractivity contribution >= 4 is 48.8 Å². The van der Waals surface area contributed by atoms with Gasteiger partial charge in [-0.25, -0.2) is 0 Å². The van der Waals surface area contributed by atoms with Crippen LogP contribution in [0.4, 0.5) is 5.69 Å². The molecule has 0 radical (unpaired) electrons. The van der Waals surface area contributed by atoms with Gasteiger partial charge in [0.2, 0.25) is 5.91 Å². The molecule has 0 saturated carbocycles. The van der Waals surface area contributed by atoms with Crippen molar-refractivity contribution in [1.29, 1.82) is 0 Å². The van der Waals surface area contributed by atoms with Crippen LogP contribution >= 0.6 is 37.2 Å². The number of hydrogen-bond donors (Lipinski definition) is 2. The number of carbonyl (C=O) groups excluding carboxylic acids is 1. The number of nitrogens with zero attached hydrogens (tertiary/aromatic N) is 2. The van der Waals surface area contributed by atoms with Crippen molar-refractivity contribution in [2.24, 2.45) is 0 Å². The molecule has 1 amide bonds. The average Bonchev–Trinajstić information content (AvgIpc) is 3.03. The minimum Gasteiger partial charge on any atom is -0.326 e. The van der Waals surface area contributed by atoms with Crippen LogP contribution in [0.15, 0.2) is 24.3 Å². The SMILES string of the molecule is CN1CCN(Cc2cccc(NC(=O)CC3CCCN3)c2)CC1.Cl.Cl.Cl. The molecule has 0 bridgehead atoms. The van der Waals surface area contributed by atoms with Crippen LogP contribution in [0.1, 0.15) is 24.8 Å². The monoisotopic (exact) mass is 424 g/mol. The largest absolute Gasteiger partial charge is 0.326 e. The van der Waals surface area contributed by atoms with Crippen molar-refractivity contribution in [1.82, 2.24) is 15.1 Å². The molecule has 0 aliphatic carbocycles. The smallest absolute Gasteiger partial charge is 0.225 e. The van der Waals surface area contributed by atoms with E-state index >= 15 is 0 Å². The lowest BCUT2D eigenvalue weighted by molar-refractivity contribution is -0.116. The van der Waals surface area contributed by atoms with E-state index in [2.05, 4.69) is 39.6 Å². The van der Waals surface area contributed by atoms with Crippen LogP contribution in [0.3, 0.4) is 0 Å². The van der Waals surface area contributed by atoms with Gasteiger partial charge in [-0.2, -0.15) is 0 Å². The molecule has 5 nitrogen and oxygen atoms in total. The summed E-state index contributed by atoms with van der Waals surface area (Å²) in [6, 6.07) is 8.62. The fourth-order valence-corrected chi connectivity index (χ4v) is 3.38. The third-order valence-corrected chi connectivity index (χ3v) is 4.81. The molecule has 2 N–H and O–H groups in total. The van der Waals surface area contributed by atoms with E-state index in [9.17, 15) is 4.79 Å². The Balaban J connectivity index is 0.00000208. The number of anilines is 1. The van der Waals surface area contributed by atoms with Crippen LogP contribution in [0, 0.1) is 0 Å². The van der Waals surface area contributed by atoms with Gasteiger partial charge in [0.1, 0.15) is 0 Å². The fourth-order valence-electron chi connectivity index (χ4n) is 3.38. The first-order valence-electron chi connectivity index (χ1n) is 8.72. The van der Waals surface area contributed by atoms with Gasteiger partial charge in [-0.05, 0) is 44.1 Å². The lowest BCUT2D eigenvalue weighted by Gasteiger charge is -2.32. The van der Waals surface area contributed by atoms with E-state index in [0.717, 1.165) is 51.4 Å². The lowest BCUT2D eigenvalue weighted by Crippen LogP contribution is -2.43. The summed E-state index contributed by atoms with van der Waals surface area (Å²) in [5.74, 6) is 0.112. The van der Waals surface area contributed by atoms with Crippen LogP contribution < -0.4 is 10.6 Å². The van der Waals surface area contributed by atoms with Gasteiger partial charge in [-0.15, -0.1) is 37.2 Å². The third-order valence-electron chi connectivity index (χ3n) is 4.81. The summed E-state index contributed by atoms with van der Waals surface area (Å²) >= 11 is 0. The number of likely N-dealkylation sites (N-methyl/N-ethyl adjacent to an activating group) is 1. The molecule has 1 aromatic rings. The minimum atomic E-state index is 0. The van der Waals surface area contributed by atoms with Crippen LogP contribution in [0.25, 0.3) is 0 Å². The molecule has 0 aromatic heterocycles. The Labute approximate surface area is 175 Å². The standard InChI is InChI=1S/C18H28N4O.3ClH/c1-21-8-10-22(11-9-21)14-15-4-2-5-17(12-15)20-18(23)13-16-6-3-7-19-16;;;/h2,4-5,12,16,19H,3,6-11,13-14H2,1H3,(H,20,23);3*1H. The molecule has 1 atom stereocenters. The minimum absolute atomic E-state index is 0. The fraction of sp³-hybridized carbons (Fsp3) is 0.611. The van der Waals surface area contributed by atoms with E-state index in [1.165, 1.54) is 12.0 Å². The first kappa shape index (κ1) is 25.4. The number of piperazine rings is 1. The van der Waals surface area contributed by atoms with E-state index < -0.39 is 0 Å². The quantitative estimate of drug-likeness (QED) is 0.761. The molecule has 2 heterocycles. The van der Waals surface area contributed by atoms with Crippen LogP contribution in [-0.4, -0.2) is 61.5 Å². The van der Waals surface area contributed by atoms with Crippen molar-refractivity contribution in [2.75, 3.05) is 45.1 Å². The van der Waals surface area contributed by atoms with Gasteiger partial charge in [0.15, 0.2) is 0 Å². The Kier molecular flexibility index (Phi) is 12.5. The molecule has 1 unspecified atom stereocenters. The second-order valence-electron chi connectivity index (χ2n) is 6.83. The number of carbonyl (C=O) groups is 1. The Morgan fingerprint density at radius 1 is 1.19 bits per heavy atom. The first-order chi connectivity index (χ1) is 11.2. The Morgan fingerprint density at radius 3 is 2.58 bits per heavy atom. The number of nitrogens with one attached hydrogen (secondary N) is 2. The van der Waals surface area contributed by atoms with Gasteiger partial charge in [-0.3, -0.25) is 9.69 Å². The van der Waals surface area contributed by atoms with Gasteiger partial charge in [0.25, 0.3) is 0 Å². The maximum absolute atomic E-state index is 12.1. The zero-order valence-electron chi connectivity index (χ0n) is 15.3. The zero-order valence-corrected chi connectivity index (χ0v) is 17.7. The molecule has 26 heavy (non-hydrogen) atoms. The Morgan fingerprint density at radius 2 is 1.92 bits per heavy atom. The van der Waals surface area contributed by atoms with Gasteiger partial charge in [0.05, 0.1) is 0 Å². The molecular weight excluding hydrogens is 395 g/mol. The third kappa shape index (κ3) is 7.99. The molecule has 2 fully saturated rings. The molecule has 1 aromatic carbocycles. The van der Waals surface area contributed by atoms with Crippen molar-refractivity contribution in [3.8, 4) is 0 Å². The van der Waals surface area contributed by atoms with Gasteiger partial charge >= 0.3 is 0 Å². The van der Waals surface area contributed by atoms with E-state index in [0.29, 0.717) is 12.5 Å². The van der Waals surface area contributed by atoms with Gasteiger partial charge in [-0.1, -0.05) is 12.1 Å². The number of hydrogen-bond acceptors (Lipinski definition) is 4. The molecule has 3 rings (SSSR count). The number of benzene rings is 1. The highest BCUT2D eigenvalue weighted by Gasteiger charge is 2.18. The molecule has 0 spiro atoms. The molecular formula is C18H31Cl3N4O. The number of amides is 1. The zero-order chi connectivity index (χ0) is 16.1. The summed E-state index contributed by atoms with van der Waals surface area (Å²) in [5, 5.41) is 6.42. The normalized spacial score (nSPS) is 20.4. The molecule has 8 heteroatoms. The highest BCUT2D eigenvalue weighted by atomic mass is 35.5. The van der Waals surface area contributed by atoms with E-state index in [1.54, 1.807) is 0 Å². The highest BCUT2D eigenvalue weighted by Crippen LogP contribution is 2.15. The summed E-state index contributed by atoms with van der Waals surface area (Å²) in [4.78, 5) is 17.0. The van der Waals surface area contributed by atoms with Crippen molar-refractivity contribution in [3.63, 3.8) is 0 Å². The summed E-state index contributed by atoms with van der Waals surface area (Å²) in [6.07, 6.45) is 2.86. The van der Waals surface area contributed by atoms with Gasteiger partial charge in [0, 0.05) is 50.9 Å². The van der Waals surface area contributed by atoms with E-state index in [1.807, 2.05) is 12.1 Å². The van der Waals surface area contributed by atoms with E-state index in [4.69, 9.17) is 0 Å². The Bertz CT molecular complexity index is 533. The van der Waals surface area contributed by atoms with Gasteiger partial charge < -0.3 is 15.5 Å². The second kappa shape index (κ2) is 12.8. The van der Waals surface area contributed by atoms with Crippen molar-refractivity contribution in [3.05, 3.63) is 29.8 Å². The molecule has 2 saturated heterocycles. The second-order valence-corrected chi connectivity index (χ2v) is 6.83. The first-order valence-corrected chi connectivity index (χ1v) is 8.72. The Hall–Kier alpha value is -0.560. The van der Waals surface area contributed by atoms with E-state index in [-0.39, 0.29) is 43.1 Å². The van der Waals surface area contributed by atoms with Crippen molar-refractivity contribution in [2.45, 2.75) is 31.8 Å². The summed E-state index contributed by atoms with van der Waals surface area (Å²) in [7, 11) is 2.17. The number of halogens is 3. The van der Waals surface area contributed by atoms with Crippen LogP contribution in [0.5, 0.6) is 0 Å². The lowest BCUT2D eigenvalue weighted by atomic mass is 10.1. The number of rotatable bonds is 5. The predicted molar refractivity (Wildman–Crippen MR) is 115 cm³/mol. The van der Waals surface area contributed by atoms with Crippen LogP contribution in [0.2, 0.25) is 0 Å². The van der Waals surface area contributed by atoms with Crippen molar-refractivity contribution < 1.29 is 4.79 Å². The molecule has 2 aliphatic rings.